The van der Waals surface area contributed by atoms with Crippen LogP contribution in [0.1, 0.15) is 124 Å². The second-order valence-corrected chi connectivity index (χ2v) is 15.4. The summed E-state index contributed by atoms with van der Waals surface area (Å²) in [5.41, 5.74) is 14.6. The molecule has 1 fully saturated rings. The average Bonchev–Trinajstić information content (AvgIpc) is 3.97. The van der Waals surface area contributed by atoms with E-state index in [1.54, 1.807) is 11.9 Å². The number of nitrogens with one attached hydrogen (secondary N) is 2. The number of aliphatic hydroxyl groups excluding tert-OH is 4. The maximum absolute atomic E-state index is 12.8. The van der Waals surface area contributed by atoms with Crippen LogP contribution in [0, 0.1) is 13.8 Å². The molecule has 7 rings (SSSR count). The number of carbonyl (C=O) groups is 2. The Morgan fingerprint density at radius 3 is 2.33 bits per heavy atom. The van der Waals surface area contributed by atoms with E-state index in [0.29, 0.717) is 38.0 Å². The number of cyclic esters (lactones) is 1. The third kappa shape index (κ3) is 11.6. The number of nitrogens with zero attached hydrogens (tertiary/aromatic N) is 3. The number of ether oxygens (including phenoxy) is 3. The number of amides is 1. The van der Waals surface area contributed by atoms with E-state index in [1.807, 2.05) is 33.8 Å². The van der Waals surface area contributed by atoms with Crippen molar-refractivity contribution in [2.24, 2.45) is 0 Å². The van der Waals surface area contributed by atoms with Gasteiger partial charge in [0.05, 0.1) is 61.3 Å². The van der Waals surface area contributed by atoms with Crippen molar-refractivity contribution in [2.45, 2.75) is 125 Å². The first-order chi connectivity index (χ1) is 29.3. The fraction of sp³-hybridized carbons (Fsp3) is 0.532. The minimum Gasteiger partial charge on any atom is -0.457 e. The Labute approximate surface area is 359 Å². The zero-order chi connectivity index (χ0) is 45.0. The molecule has 0 saturated carbocycles. The number of aryl methyl sites for hydroxylation is 3. The smallest absolute Gasteiger partial charge is 0.341 e. The van der Waals surface area contributed by atoms with E-state index in [4.69, 9.17) is 39.5 Å². The Bertz CT molecular complexity index is 2210. The molecule has 0 radical (unpaired) electrons. The zero-order valence-electron chi connectivity index (χ0n) is 37.5. The number of carbonyl (C=O) groups excluding carboxylic acids is 2. The second kappa shape index (κ2) is 22.9. The van der Waals surface area contributed by atoms with Crippen molar-refractivity contribution in [3.63, 3.8) is 0 Å². The minimum atomic E-state index is -0.486. The fourth-order valence-electron chi connectivity index (χ4n) is 7.83. The number of rotatable bonds is 10. The van der Waals surface area contributed by atoms with Gasteiger partial charge < -0.3 is 49.5 Å². The molecule has 334 valence electrons. The number of fused-ring (bicyclic) bond motifs is 8. The molecule has 61 heavy (non-hydrogen) atoms. The summed E-state index contributed by atoms with van der Waals surface area (Å²) in [4.78, 5) is 43.1. The lowest BCUT2D eigenvalue weighted by atomic mass is 9.97. The van der Waals surface area contributed by atoms with Gasteiger partial charge in [0.25, 0.3) is 0 Å². The quantitative estimate of drug-likeness (QED) is 0.0950. The third-order valence-electron chi connectivity index (χ3n) is 11.2. The van der Waals surface area contributed by atoms with Crippen molar-refractivity contribution < 1.29 is 44.2 Å². The summed E-state index contributed by atoms with van der Waals surface area (Å²) in [7, 11) is 1.77. The van der Waals surface area contributed by atoms with Gasteiger partial charge in [-0.15, -0.1) is 0 Å². The summed E-state index contributed by atoms with van der Waals surface area (Å²) >= 11 is 0. The molecule has 3 aromatic rings. The fourth-order valence-corrected chi connectivity index (χ4v) is 7.83. The van der Waals surface area contributed by atoms with E-state index in [1.165, 1.54) is 11.1 Å². The van der Waals surface area contributed by atoms with Crippen LogP contribution in [0.2, 0.25) is 0 Å². The first kappa shape index (κ1) is 49.0. The third-order valence-corrected chi connectivity index (χ3v) is 11.2. The Balaban J connectivity index is 0.000000277. The van der Waals surface area contributed by atoms with Crippen molar-refractivity contribution in [3.8, 4) is 0 Å². The predicted molar refractivity (Wildman–Crippen MR) is 239 cm³/mol. The number of aromatic nitrogens is 4. The lowest BCUT2D eigenvalue weighted by molar-refractivity contribution is -0.221. The van der Waals surface area contributed by atoms with Gasteiger partial charge in [0.1, 0.15) is 6.61 Å². The van der Waals surface area contributed by atoms with Gasteiger partial charge >= 0.3 is 5.97 Å². The van der Waals surface area contributed by atoms with Crippen molar-refractivity contribution in [1.29, 1.82) is 0 Å². The van der Waals surface area contributed by atoms with Gasteiger partial charge in [0.15, 0.2) is 6.29 Å². The molecule has 6 N–H and O–H groups in total. The second-order valence-electron chi connectivity index (χ2n) is 15.4. The molecule has 1 amide bonds. The highest BCUT2D eigenvalue weighted by molar-refractivity contribution is 6.26. The van der Waals surface area contributed by atoms with Gasteiger partial charge in [0.2, 0.25) is 5.91 Å². The summed E-state index contributed by atoms with van der Waals surface area (Å²) in [6, 6.07) is 6.38. The minimum absolute atomic E-state index is 0.106. The van der Waals surface area contributed by atoms with Crippen LogP contribution >= 0.6 is 0 Å². The summed E-state index contributed by atoms with van der Waals surface area (Å²) < 4.78 is 16.6. The normalized spacial score (nSPS) is 19.1. The molecule has 4 aliphatic rings. The van der Waals surface area contributed by atoms with Crippen LogP contribution in [0.15, 0.2) is 24.8 Å². The van der Waals surface area contributed by atoms with Crippen LogP contribution in [0.3, 0.4) is 0 Å². The molecule has 14 nitrogen and oxygen atoms in total. The van der Waals surface area contributed by atoms with Crippen LogP contribution in [0.25, 0.3) is 39.3 Å². The van der Waals surface area contributed by atoms with Gasteiger partial charge in [-0.1, -0.05) is 47.3 Å². The van der Waals surface area contributed by atoms with Crippen LogP contribution in [-0.4, -0.2) is 116 Å². The van der Waals surface area contributed by atoms with Gasteiger partial charge in [0, 0.05) is 77.7 Å². The van der Waals surface area contributed by atoms with Crippen molar-refractivity contribution >= 4 is 51.2 Å². The number of hydrogen-bond acceptors (Lipinski definition) is 11. The Morgan fingerprint density at radius 1 is 1.00 bits per heavy atom. The zero-order valence-corrected chi connectivity index (χ0v) is 37.5. The summed E-state index contributed by atoms with van der Waals surface area (Å²) in [6.45, 7) is 21.4. The number of aromatic amines is 2. The Hall–Kier alpha value is -4.70. The van der Waals surface area contributed by atoms with Crippen LogP contribution in [0.4, 0.5) is 0 Å². The van der Waals surface area contributed by atoms with Crippen molar-refractivity contribution in [3.05, 3.63) is 75.4 Å². The Morgan fingerprint density at radius 2 is 1.69 bits per heavy atom. The summed E-state index contributed by atoms with van der Waals surface area (Å²) in [6.07, 6.45) is 4.39. The molecule has 4 aliphatic heterocycles. The lowest BCUT2D eigenvalue weighted by Crippen LogP contribution is -2.39. The Kier molecular flexibility index (Phi) is 18.4. The maximum atomic E-state index is 12.8. The molecule has 0 spiro atoms. The molecule has 3 aromatic heterocycles. The molecule has 8 bridgehead atoms. The van der Waals surface area contributed by atoms with E-state index in [2.05, 4.69) is 62.4 Å². The lowest BCUT2D eigenvalue weighted by Gasteiger charge is -2.32. The van der Waals surface area contributed by atoms with Gasteiger partial charge in [-0.25, -0.2) is 9.78 Å². The SMILES string of the molecule is C=Cc1c(C)c2cc3nc(c4c5nc(cc6[nH]c(cc1[nH]2)c(C)c6CC)C(C)=C5C(=O)OC4)CC3C.CC.CCC(=O)N(C)CCCOC1CC(O)CC(CO)O1.OCCO. The molecule has 4 unspecified atom stereocenters. The maximum Gasteiger partial charge on any atom is 0.341 e. The van der Waals surface area contributed by atoms with E-state index < -0.39 is 12.4 Å². The highest BCUT2D eigenvalue weighted by Gasteiger charge is 2.34. The van der Waals surface area contributed by atoms with Crippen molar-refractivity contribution in [1.82, 2.24) is 24.8 Å². The number of allylic oxidation sites excluding steroid dienone is 1. The number of H-pyrrole nitrogens is 2. The van der Waals surface area contributed by atoms with E-state index in [0.717, 1.165) is 86.4 Å². The number of esters is 1. The highest BCUT2D eigenvalue weighted by atomic mass is 16.7. The average molecular weight is 846 g/mol. The van der Waals surface area contributed by atoms with Crippen LogP contribution < -0.4 is 0 Å². The number of hydrogen-bond donors (Lipinski definition) is 6. The van der Waals surface area contributed by atoms with E-state index in [-0.39, 0.29) is 50.3 Å². The molecule has 14 heteroatoms. The van der Waals surface area contributed by atoms with Crippen LogP contribution in [-0.2, 0) is 43.2 Å². The first-order valence-corrected chi connectivity index (χ1v) is 21.6. The van der Waals surface area contributed by atoms with Gasteiger partial charge in [-0.2, -0.15) is 0 Å². The molecule has 0 aromatic carbocycles. The number of aliphatic hydroxyl groups is 4. The van der Waals surface area contributed by atoms with Crippen molar-refractivity contribution in [2.75, 3.05) is 40.0 Å². The van der Waals surface area contributed by atoms with Crippen LogP contribution in [0.5, 0.6) is 0 Å². The molecular formula is C47H67N5O9. The van der Waals surface area contributed by atoms with E-state index >= 15 is 0 Å². The molecule has 7 heterocycles. The predicted octanol–water partition coefficient (Wildman–Crippen LogP) is 6.59. The summed E-state index contributed by atoms with van der Waals surface area (Å²) in [5, 5.41) is 33.9. The van der Waals surface area contributed by atoms with Gasteiger partial charge in [-0.3, -0.25) is 9.78 Å². The monoisotopic (exact) mass is 845 g/mol. The topological polar surface area (TPSA) is 203 Å². The first-order valence-electron chi connectivity index (χ1n) is 21.6. The van der Waals surface area contributed by atoms with Gasteiger partial charge in [-0.05, 0) is 80.5 Å². The summed E-state index contributed by atoms with van der Waals surface area (Å²) in [5.74, 6) is 0.0514. The standard InChI is InChI=1S/C30H30N4O2.C13H25NO5.C2H6O2.C2H6/c1-7-18-15(4)22-10-21-14(3)9-25(31-21)20-13-36-30(35)28-17(6)24(34-29(20)28)12-27-19(8-2)16(5)23(33-27)11-26(18)32-22;1-3-12(17)14(2)5-4-6-18-13-8-10(16)7-11(9-15)19-13;3-1-2-4;1-2/h7,10-12,14,32-33H,1,8-9,13H2,2-6H3;10-11,13,15-16H,3-9H2,1-2H3;3-4H,1-2H2;1-2H3. The molecule has 4 atom stereocenters. The molecule has 1 saturated heterocycles. The molecular weight excluding hydrogens is 779 g/mol. The largest absolute Gasteiger partial charge is 0.457 e. The van der Waals surface area contributed by atoms with E-state index in [9.17, 15) is 14.7 Å². The highest BCUT2D eigenvalue weighted by Crippen LogP contribution is 2.39. The molecule has 0 aliphatic carbocycles.